The fourth-order valence-electron chi connectivity index (χ4n) is 1.70. The van der Waals surface area contributed by atoms with Gasteiger partial charge in [0.15, 0.2) is 5.75 Å². The molecule has 1 aromatic carbocycles. The molecule has 1 rings (SSSR count). The number of para-hydroxylation sites is 1. The standard InChI is InChI=1S/C14H22N2O4/c1-4-8-20-13-7-5-6-12(14(13)16(18)19)15-11(3)10(2)9-17/h5-7,10-11,15,17H,4,8-9H2,1-3H3. The Bertz CT molecular complexity index is 451. The van der Waals surface area contributed by atoms with Crippen LogP contribution >= 0.6 is 0 Å². The summed E-state index contributed by atoms with van der Waals surface area (Å²) in [7, 11) is 0. The van der Waals surface area contributed by atoms with Gasteiger partial charge in [0.1, 0.15) is 5.69 Å². The van der Waals surface area contributed by atoms with Crippen LogP contribution in [0.3, 0.4) is 0 Å². The molecule has 0 spiro atoms. The SMILES string of the molecule is CCCOc1cccc(NC(C)C(C)CO)c1[N+](=O)[O-]. The van der Waals surface area contributed by atoms with Crippen LogP contribution in [0.15, 0.2) is 18.2 Å². The van der Waals surface area contributed by atoms with Crippen molar-refractivity contribution >= 4 is 11.4 Å². The number of nitro benzene ring substituents is 1. The molecule has 0 radical (unpaired) electrons. The summed E-state index contributed by atoms with van der Waals surface area (Å²) in [5, 5.41) is 23.5. The van der Waals surface area contributed by atoms with Crippen molar-refractivity contribution in [3.8, 4) is 5.75 Å². The minimum atomic E-state index is -0.441. The number of ether oxygens (including phenoxy) is 1. The maximum Gasteiger partial charge on any atom is 0.333 e. The monoisotopic (exact) mass is 282 g/mol. The van der Waals surface area contributed by atoms with Gasteiger partial charge in [-0.2, -0.15) is 0 Å². The van der Waals surface area contributed by atoms with Crippen LogP contribution in [0.1, 0.15) is 27.2 Å². The van der Waals surface area contributed by atoms with E-state index in [4.69, 9.17) is 9.84 Å². The fourth-order valence-corrected chi connectivity index (χ4v) is 1.70. The highest BCUT2D eigenvalue weighted by atomic mass is 16.6. The molecule has 6 nitrogen and oxygen atoms in total. The predicted octanol–water partition coefficient (Wildman–Crippen LogP) is 2.81. The maximum absolute atomic E-state index is 11.3. The zero-order valence-corrected chi connectivity index (χ0v) is 12.1. The maximum atomic E-state index is 11.3. The topological polar surface area (TPSA) is 84.6 Å². The molecular formula is C14H22N2O4. The van der Waals surface area contributed by atoms with Gasteiger partial charge < -0.3 is 15.2 Å². The van der Waals surface area contributed by atoms with Crippen LogP contribution in [-0.4, -0.2) is 29.3 Å². The Morgan fingerprint density at radius 3 is 2.70 bits per heavy atom. The fraction of sp³-hybridized carbons (Fsp3) is 0.571. The zero-order chi connectivity index (χ0) is 15.1. The Kier molecular flexibility index (Phi) is 6.24. The van der Waals surface area contributed by atoms with Crippen LogP contribution < -0.4 is 10.1 Å². The summed E-state index contributed by atoms with van der Waals surface area (Å²) < 4.78 is 5.43. The summed E-state index contributed by atoms with van der Waals surface area (Å²) in [4.78, 5) is 10.8. The lowest BCUT2D eigenvalue weighted by atomic mass is 10.0. The largest absolute Gasteiger partial charge is 0.487 e. The van der Waals surface area contributed by atoms with Crippen LogP contribution in [0, 0.1) is 16.0 Å². The van der Waals surface area contributed by atoms with E-state index in [1.165, 1.54) is 0 Å². The van der Waals surface area contributed by atoms with Crippen molar-refractivity contribution in [2.45, 2.75) is 33.2 Å². The molecular weight excluding hydrogens is 260 g/mol. The highest BCUT2D eigenvalue weighted by molar-refractivity contribution is 5.68. The Balaban J connectivity index is 3.03. The van der Waals surface area contributed by atoms with E-state index in [0.717, 1.165) is 6.42 Å². The van der Waals surface area contributed by atoms with Crippen molar-refractivity contribution in [1.29, 1.82) is 0 Å². The average molecular weight is 282 g/mol. The molecule has 20 heavy (non-hydrogen) atoms. The van der Waals surface area contributed by atoms with Gasteiger partial charge in [0.2, 0.25) is 0 Å². The molecule has 112 valence electrons. The lowest BCUT2D eigenvalue weighted by molar-refractivity contribution is -0.385. The molecule has 0 aliphatic rings. The van der Waals surface area contributed by atoms with Crippen LogP contribution in [-0.2, 0) is 0 Å². The van der Waals surface area contributed by atoms with Gasteiger partial charge in [-0.25, -0.2) is 0 Å². The summed E-state index contributed by atoms with van der Waals surface area (Å²) in [6, 6.07) is 4.88. The molecule has 0 aromatic heterocycles. The van der Waals surface area contributed by atoms with Gasteiger partial charge in [0.05, 0.1) is 11.5 Å². The first-order valence-corrected chi connectivity index (χ1v) is 6.78. The molecule has 0 fully saturated rings. The third-order valence-corrected chi connectivity index (χ3v) is 3.17. The van der Waals surface area contributed by atoms with Gasteiger partial charge in [0.25, 0.3) is 0 Å². The first-order valence-electron chi connectivity index (χ1n) is 6.78. The van der Waals surface area contributed by atoms with Crippen LogP contribution in [0.25, 0.3) is 0 Å². The molecule has 6 heteroatoms. The van der Waals surface area contributed by atoms with E-state index in [1.54, 1.807) is 18.2 Å². The molecule has 2 N–H and O–H groups in total. The van der Waals surface area contributed by atoms with Gasteiger partial charge in [-0.3, -0.25) is 10.1 Å². The lowest BCUT2D eigenvalue weighted by Gasteiger charge is -2.20. The third-order valence-electron chi connectivity index (χ3n) is 3.17. The van der Waals surface area contributed by atoms with E-state index in [9.17, 15) is 10.1 Å². The number of aliphatic hydroxyl groups is 1. The number of hydrogen-bond acceptors (Lipinski definition) is 5. The van der Waals surface area contributed by atoms with Crippen molar-refractivity contribution in [1.82, 2.24) is 0 Å². The molecule has 0 aliphatic carbocycles. The van der Waals surface area contributed by atoms with E-state index >= 15 is 0 Å². The summed E-state index contributed by atoms with van der Waals surface area (Å²) in [5.41, 5.74) is 0.356. The first kappa shape index (κ1) is 16.2. The van der Waals surface area contributed by atoms with Gasteiger partial charge in [-0.1, -0.05) is 19.9 Å². The van der Waals surface area contributed by atoms with Crippen LogP contribution in [0.4, 0.5) is 11.4 Å². The van der Waals surface area contributed by atoms with E-state index in [0.29, 0.717) is 12.3 Å². The predicted molar refractivity (Wildman–Crippen MR) is 78.2 cm³/mol. The number of rotatable bonds is 8. The number of aliphatic hydroxyl groups excluding tert-OH is 1. The van der Waals surface area contributed by atoms with Gasteiger partial charge in [0, 0.05) is 12.6 Å². The van der Waals surface area contributed by atoms with Crippen LogP contribution in [0.2, 0.25) is 0 Å². The van der Waals surface area contributed by atoms with Gasteiger partial charge in [-0.05, 0) is 31.4 Å². The number of nitrogens with one attached hydrogen (secondary N) is 1. The molecule has 2 atom stereocenters. The van der Waals surface area contributed by atoms with E-state index in [2.05, 4.69) is 5.32 Å². The van der Waals surface area contributed by atoms with Gasteiger partial charge in [-0.15, -0.1) is 0 Å². The number of benzene rings is 1. The Morgan fingerprint density at radius 1 is 1.45 bits per heavy atom. The highest BCUT2D eigenvalue weighted by Gasteiger charge is 2.23. The van der Waals surface area contributed by atoms with E-state index in [1.807, 2.05) is 20.8 Å². The Labute approximate surface area is 118 Å². The average Bonchev–Trinajstić information content (AvgIpc) is 2.43. The Hall–Kier alpha value is -1.82. The third kappa shape index (κ3) is 4.09. The molecule has 0 aliphatic heterocycles. The highest BCUT2D eigenvalue weighted by Crippen LogP contribution is 2.35. The number of hydrogen-bond donors (Lipinski definition) is 2. The number of nitro groups is 1. The minimum Gasteiger partial charge on any atom is -0.487 e. The quantitative estimate of drug-likeness (QED) is 0.565. The van der Waals surface area contributed by atoms with Crippen molar-refractivity contribution in [3.05, 3.63) is 28.3 Å². The van der Waals surface area contributed by atoms with Crippen LogP contribution in [0.5, 0.6) is 5.75 Å². The lowest BCUT2D eigenvalue weighted by Crippen LogP contribution is -2.26. The molecule has 0 saturated carbocycles. The second-order valence-corrected chi connectivity index (χ2v) is 4.85. The number of anilines is 1. The van der Waals surface area contributed by atoms with Crippen molar-refractivity contribution in [3.63, 3.8) is 0 Å². The zero-order valence-electron chi connectivity index (χ0n) is 12.1. The Morgan fingerprint density at radius 2 is 2.15 bits per heavy atom. The summed E-state index contributed by atoms with van der Waals surface area (Å²) in [5.74, 6) is 0.264. The van der Waals surface area contributed by atoms with Crippen molar-refractivity contribution in [2.24, 2.45) is 5.92 Å². The van der Waals surface area contributed by atoms with Crippen molar-refractivity contribution in [2.75, 3.05) is 18.5 Å². The summed E-state index contributed by atoms with van der Waals surface area (Å²) in [6.07, 6.45) is 0.784. The smallest absolute Gasteiger partial charge is 0.333 e. The first-order chi connectivity index (χ1) is 9.51. The van der Waals surface area contributed by atoms with Gasteiger partial charge >= 0.3 is 5.69 Å². The molecule has 1 aromatic rings. The molecule has 0 bridgehead atoms. The molecule has 2 unspecified atom stereocenters. The normalized spacial score (nSPS) is 13.6. The molecule has 0 heterocycles. The van der Waals surface area contributed by atoms with E-state index < -0.39 is 4.92 Å². The van der Waals surface area contributed by atoms with Crippen molar-refractivity contribution < 1.29 is 14.8 Å². The molecule has 0 amide bonds. The molecule has 0 saturated heterocycles. The second kappa shape index (κ2) is 7.69. The number of nitrogens with zero attached hydrogens (tertiary/aromatic N) is 1. The van der Waals surface area contributed by atoms with E-state index in [-0.39, 0.29) is 30.0 Å². The second-order valence-electron chi connectivity index (χ2n) is 4.85. The summed E-state index contributed by atoms with van der Waals surface area (Å²) >= 11 is 0. The minimum absolute atomic E-state index is 0.00480. The summed E-state index contributed by atoms with van der Waals surface area (Å²) in [6.45, 7) is 6.16.